The van der Waals surface area contributed by atoms with Crippen molar-refractivity contribution in [2.24, 2.45) is 0 Å². The maximum Gasteiger partial charge on any atom is 0.251 e. The van der Waals surface area contributed by atoms with Crippen molar-refractivity contribution in [2.75, 3.05) is 32.8 Å². The molecule has 0 aliphatic carbocycles. The summed E-state index contributed by atoms with van der Waals surface area (Å²) in [7, 11) is 2.78. The van der Waals surface area contributed by atoms with Crippen LogP contribution in [0.5, 0.6) is 5.75 Å². The summed E-state index contributed by atoms with van der Waals surface area (Å²) in [5, 5.41) is 11.7. The lowest BCUT2D eigenvalue weighted by atomic mass is 9.99. The second-order valence-electron chi connectivity index (χ2n) is 6.29. The molecule has 10 heteroatoms. The van der Waals surface area contributed by atoms with Gasteiger partial charge in [0.25, 0.3) is 5.91 Å². The summed E-state index contributed by atoms with van der Waals surface area (Å²) in [5.74, 6) is -1.56. The summed E-state index contributed by atoms with van der Waals surface area (Å²) in [6.45, 7) is 1.05. The molecule has 1 aromatic carbocycles. The van der Waals surface area contributed by atoms with Crippen LogP contribution >= 0.6 is 11.6 Å². The van der Waals surface area contributed by atoms with E-state index in [0.29, 0.717) is 16.5 Å². The second kappa shape index (κ2) is 7.86. The van der Waals surface area contributed by atoms with E-state index in [9.17, 15) is 14.0 Å². The van der Waals surface area contributed by atoms with E-state index < -0.39 is 24.4 Å². The Morgan fingerprint density at radius 3 is 2.79 bits per heavy atom. The fraction of sp³-hybridized carbons (Fsp3) is 0.389. The summed E-state index contributed by atoms with van der Waals surface area (Å²) in [4.78, 5) is 29.9. The first kappa shape index (κ1) is 20.2. The van der Waals surface area contributed by atoms with Crippen molar-refractivity contribution in [3.63, 3.8) is 0 Å². The minimum absolute atomic E-state index is 0.0642. The van der Waals surface area contributed by atoms with Gasteiger partial charge in [0.15, 0.2) is 5.82 Å². The molecule has 8 nitrogen and oxygen atoms in total. The molecule has 3 rings (SSSR count). The topological polar surface area (TPSA) is 101 Å². The number of nitrogens with one attached hydrogen (secondary N) is 1. The van der Waals surface area contributed by atoms with Gasteiger partial charge in [0.05, 0.1) is 19.7 Å². The van der Waals surface area contributed by atoms with Gasteiger partial charge in [0.1, 0.15) is 35.3 Å². The number of fused-ring (bicyclic) bond motifs is 3. The smallest absolute Gasteiger partial charge is 0.251 e. The number of anilines is 1. The van der Waals surface area contributed by atoms with Crippen LogP contribution in [0.4, 0.5) is 10.2 Å². The highest BCUT2D eigenvalue weighted by molar-refractivity contribution is 6.33. The van der Waals surface area contributed by atoms with Crippen LogP contribution in [0.3, 0.4) is 0 Å². The van der Waals surface area contributed by atoms with Crippen LogP contribution in [0.2, 0.25) is 5.02 Å². The largest absolute Gasteiger partial charge is 0.495 e. The van der Waals surface area contributed by atoms with Gasteiger partial charge in [-0.3, -0.25) is 9.59 Å². The van der Waals surface area contributed by atoms with Crippen LogP contribution in [0, 0.1) is 5.82 Å². The fourth-order valence-corrected chi connectivity index (χ4v) is 3.63. The number of aliphatic hydroxyl groups is 1. The number of carbonyl (C=O) groups excluding carboxylic acids is 2. The van der Waals surface area contributed by atoms with E-state index in [-0.39, 0.29) is 41.2 Å². The number of ether oxygens (including phenoxy) is 2. The van der Waals surface area contributed by atoms with Crippen LogP contribution in [-0.2, 0) is 20.9 Å². The van der Waals surface area contributed by atoms with E-state index in [0.717, 1.165) is 0 Å². The summed E-state index contributed by atoms with van der Waals surface area (Å²) >= 11 is 6.02. The number of halogens is 2. The number of aromatic nitrogens is 1. The molecule has 2 amide bonds. The normalized spacial score (nSPS) is 15.6. The summed E-state index contributed by atoms with van der Waals surface area (Å²) < 4.78 is 25.0. The lowest BCUT2D eigenvalue weighted by molar-refractivity contribution is -0.137. The van der Waals surface area contributed by atoms with Gasteiger partial charge in [-0.1, -0.05) is 11.6 Å². The average Bonchev–Trinajstić information content (AvgIpc) is 3.03. The molecule has 0 spiro atoms. The van der Waals surface area contributed by atoms with E-state index in [1.54, 1.807) is 17.9 Å². The van der Waals surface area contributed by atoms with Crippen molar-refractivity contribution in [3.8, 4) is 5.75 Å². The van der Waals surface area contributed by atoms with Gasteiger partial charge in [0.2, 0.25) is 5.91 Å². The molecule has 0 radical (unpaired) electrons. The molecule has 0 saturated carbocycles. The van der Waals surface area contributed by atoms with E-state index in [1.165, 1.54) is 14.2 Å². The Bertz CT molecular complexity index is 968. The minimum Gasteiger partial charge on any atom is -0.495 e. The summed E-state index contributed by atoms with van der Waals surface area (Å²) in [6.07, 6.45) is 0. The molecule has 2 N–H and O–H groups in total. The minimum atomic E-state index is -0.799. The van der Waals surface area contributed by atoms with Crippen LogP contribution in [0.25, 0.3) is 10.9 Å². The summed E-state index contributed by atoms with van der Waals surface area (Å²) in [6, 6.07) is 1.13. The maximum absolute atomic E-state index is 14.9. The molecule has 0 bridgehead atoms. The number of rotatable bonds is 5. The van der Waals surface area contributed by atoms with Crippen LogP contribution < -0.4 is 10.1 Å². The van der Waals surface area contributed by atoms with Crippen LogP contribution in [0.1, 0.15) is 24.1 Å². The number of hydrogen-bond donors (Lipinski definition) is 2. The number of pyridine rings is 1. The molecule has 2 aromatic rings. The van der Waals surface area contributed by atoms with Crippen LogP contribution in [-0.4, -0.2) is 54.2 Å². The van der Waals surface area contributed by atoms with Gasteiger partial charge >= 0.3 is 0 Å². The van der Waals surface area contributed by atoms with Crippen molar-refractivity contribution >= 4 is 40.1 Å². The van der Waals surface area contributed by atoms with E-state index in [1.807, 2.05) is 0 Å². The quantitative estimate of drug-likeness (QED) is 0.780. The Morgan fingerprint density at radius 1 is 1.46 bits per heavy atom. The Balaban J connectivity index is 2.27. The molecule has 0 fully saturated rings. The number of methoxy groups -OCH3 is 2. The zero-order valence-electron chi connectivity index (χ0n) is 15.5. The van der Waals surface area contributed by atoms with Crippen LogP contribution in [0.15, 0.2) is 6.07 Å². The first-order valence-electron chi connectivity index (χ1n) is 8.41. The van der Waals surface area contributed by atoms with Crippen molar-refractivity contribution in [3.05, 3.63) is 28.0 Å². The Labute approximate surface area is 165 Å². The molecular formula is C18H19ClFN3O5. The number of carbonyl (C=O) groups is 2. The summed E-state index contributed by atoms with van der Waals surface area (Å²) in [5.41, 5.74) is 1.11. The lowest BCUT2D eigenvalue weighted by Gasteiger charge is -2.22. The molecule has 0 unspecified atom stereocenters. The third kappa shape index (κ3) is 3.25. The van der Waals surface area contributed by atoms with Gasteiger partial charge in [-0.25, -0.2) is 9.37 Å². The molecule has 1 atom stereocenters. The highest BCUT2D eigenvalue weighted by atomic mass is 35.5. The molecule has 2 heterocycles. The highest BCUT2D eigenvalue weighted by Gasteiger charge is 2.36. The zero-order chi connectivity index (χ0) is 20.6. The van der Waals surface area contributed by atoms with Gasteiger partial charge in [-0.15, -0.1) is 0 Å². The highest BCUT2D eigenvalue weighted by Crippen LogP contribution is 2.44. The number of benzene rings is 1. The van der Waals surface area contributed by atoms with Gasteiger partial charge in [-0.05, 0) is 18.6 Å². The number of nitrogens with zero attached hydrogens (tertiary/aromatic N) is 2. The molecular weight excluding hydrogens is 393 g/mol. The molecule has 1 aliphatic heterocycles. The fourth-order valence-electron chi connectivity index (χ4n) is 3.41. The lowest BCUT2D eigenvalue weighted by Crippen LogP contribution is -2.31. The third-order valence-electron chi connectivity index (χ3n) is 4.70. The Hall–Kier alpha value is -2.49. The zero-order valence-corrected chi connectivity index (χ0v) is 16.3. The van der Waals surface area contributed by atoms with Gasteiger partial charge in [-0.2, -0.15) is 0 Å². The van der Waals surface area contributed by atoms with Crippen molar-refractivity contribution in [2.45, 2.75) is 19.5 Å². The Kier molecular flexibility index (Phi) is 5.69. The van der Waals surface area contributed by atoms with Crippen molar-refractivity contribution < 1.29 is 28.6 Å². The van der Waals surface area contributed by atoms with E-state index in [4.69, 9.17) is 26.2 Å². The third-order valence-corrected chi connectivity index (χ3v) is 5.05. The van der Waals surface area contributed by atoms with Gasteiger partial charge in [0, 0.05) is 18.1 Å². The average molecular weight is 412 g/mol. The van der Waals surface area contributed by atoms with Gasteiger partial charge < -0.3 is 24.8 Å². The van der Waals surface area contributed by atoms with Crippen molar-refractivity contribution in [1.82, 2.24) is 9.88 Å². The SMILES string of the molecule is COCC(=O)N1Cc2c(NC(=O)CO)nc3c(F)c(Cl)c(OC)cc3c2[C@@H]1C. The monoisotopic (exact) mass is 411 g/mol. The predicted molar refractivity (Wildman–Crippen MR) is 99.8 cm³/mol. The second-order valence-corrected chi connectivity index (χ2v) is 6.67. The first-order chi connectivity index (χ1) is 13.3. The molecule has 28 heavy (non-hydrogen) atoms. The molecule has 150 valence electrons. The standard InChI is InChI=1S/C18H19ClFN3O5/c1-8-14-9-4-11(28-3)15(19)16(20)17(9)22-18(21-12(25)6-24)10(14)5-23(8)13(26)7-27-2/h4,8,24H,5-7H2,1-3H3,(H,21,22,25)/t8-/m0/s1. The predicted octanol–water partition coefficient (Wildman–Crippen LogP) is 2.02. The molecule has 1 aliphatic rings. The van der Waals surface area contributed by atoms with Crippen molar-refractivity contribution in [1.29, 1.82) is 0 Å². The van der Waals surface area contributed by atoms with E-state index >= 15 is 0 Å². The maximum atomic E-state index is 14.9. The number of aliphatic hydroxyl groups excluding tert-OH is 1. The molecule has 0 saturated heterocycles. The molecule has 1 aromatic heterocycles. The first-order valence-corrected chi connectivity index (χ1v) is 8.79. The van der Waals surface area contributed by atoms with E-state index in [2.05, 4.69) is 10.3 Å². The Morgan fingerprint density at radius 2 is 2.18 bits per heavy atom. The number of hydrogen-bond acceptors (Lipinski definition) is 6. The number of amides is 2.